The summed E-state index contributed by atoms with van der Waals surface area (Å²) in [5.41, 5.74) is 2.68. The highest BCUT2D eigenvalue weighted by atomic mass is 32.2. The van der Waals surface area contributed by atoms with Gasteiger partial charge in [0.25, 0.3) is 0 Å². The van der Waals surface area contributed by atoms with Crippen molar-refractivity contribution in [1.29, 1.82) is 0 Å². The fourth-order valence-corrected chi connectivity index (χ4v) is 6.00. The zero-order valence-corrected chi connectivity index (χ0v) is 25.5. The van der Waals surface area contributed by atoms with Gasteiger partial charge in [-0.25, -0.2) is 0 Å². The predicted molar refractivity (Wildman–Crippen MR) is 164 cm³/mol. The van der Waals surface area contributed by atoms with Crippen LogP contribution in [0.2, 0.25) is 0 Å². The van der Waals surface area contributed by atoms with Crippen molar-refractivity contribution in [3.05, 3.63) is 59.4 Å². The molecule has 3 heterocycles. The van der Waals surface area contributed by atoms with Gasteiger partial charge >= 0.3 is 5.97 Å². The largest absolute Gasteiger partial charge is 0.493 e. The lowest BCUT2D eigenvalue weighted by Gasteiger charge is -2.33. The average Bonchev–Trinajstić information content (AvgIpc) is 3.03. The average molecular weight is 615 g/mol. The minimum absolute atomic E-state index is 0.105. The van der Waals surface area contributed by atoms with Crippen LogP contribution < -0.4 is 15.4 Å². The minimum Gasteiger partial charge on any atom is -0.493 e. The van der Waals surface area contributed by atoms with E-state index in [0.29, 0.717) is 56.2 Å². The molecule has 2 amide bonds. The second-order valence-electron chi connectivity index (χ2n) is 11.5. The molecular weight excluding hydrogens is 571 g/mol. The van der Waals surface area contributed by atoms with Crippen LogP contribution in [0.3, 0.4) is 0 Å². The molecule has 0 saturated carbocycles. The van der Waals surface area contributed by atoms with Crippen LogP contribution in [0.5, 0.6) is 5.75 Å². The fourth-order valence-electron chi connectivity index (χ4n) is 5.86. The molecule has 9 nitrogen and oxygen atoms in total. The number of hydrogen-bond acceptors (Lipinski definition) is 7. The lowest BCUT2D eigenvalue weighted by Crippen LogP contribution is -2.46. The Balaban J connectivity index is 1.31. The van der Waals surface area contributed by atoms with E-state index in [1.54, 1.807) is 12.4 Å². The van der Waals surface area contributed by atoms with Gasteiger partial charge in [-0.1, -0.05) is 18.2 Å². The molecule has 0 bridgehead atoms. The number of nitrogens with one attached hydrogen (secondary N) is 2. The number of likely N-dealkylation sites (tertiary alicyclic amines) is 1. The van der Waals surface area contributed by atoms with Crippen LogP contribution in [0.4, 0.5) is 3.89 Å². The van der Waals surface area contributed by atoms with Crippen molar-refractivity contribution in [1.82, 2.24) is 20.5 Å². The third-order valence-electron chi connectivity index (χ3n) is 8.34. The number of pyridine rings is 1. The van der Waals surface area contributed by atoms with E-state index in [4.69, 9.17) is 4.74 Å². The zero-order valence-electron chi connectivity index (χ0n) is 24.6. The number of carbonyl (C=O) groups excluding carboxylic acids is 2. The number of amides is 2. The molecule has 2 fully saturated rings. The highest BCUT2D eigenvalue weighted by Gasteiger charge is 2.30. The molecule has 1 aromatic carbocycles. The standard InChI is InChI=1S/C32H43FN4O5S/c33-43-17-16-42-28-8-5-23(6-9-28)3-4-25-18-27(21-35-20-25)29(19-31(39)40)36-32(41)26-2-1-15-37(22-26)30(38)10-7-24-11-13-34-14-12-24/h5-6,8-9,18,20-21,24,26,29,34H,1-4,7,10-17,19,22H2,(H,36,41)(H,39,40). The quantitative estimate of drug-likeness (QED) is 0.251. The number of piperidine rings is 2. The van der Waals surface area contributed by atoms with E-state index in [0.717, 1.165) is 56.3 Å². The smallest absolute Gasteiger partial charge is 0.305 e. The molecule has 0 aliphatic carbocycles. The number of carbonyl (C=O) groups is 3. The number of ether oxygens (including phenoxy) is 1. The van der Waals surface area contributed by atoms with Crippen LogP contribution >= 0.6 is 12.1 Å². The third kappa shape index (κ3) is 10.8. The number of halogens is 1. The van der Waals surface area contributed by atoms with Gasteiger partial charge in [-0.3, -0.25) is 19.4 Å². The molecule has 2 atom stereocenters. The number of hydrogen-bond donors (Lipinski definition) is 3. The fraction of sp³-hybridized carbons (Fsp3) is 0.562. The second kappa shape index (κ2) is 17.2. The van der Waals surface area contributed by atoms with Crippen LogP contribution in [0, 0.1) is 11.8 Å². The van der Waals surface area contributed by atoms with Gasteiger partial charge in [0, 0.05) is 44.1 Å². The summed E-state index contributed by atoms with van der Waals surface area (Å²) in [6, 6.07) is 8.84. The van der Waals surface area contributed by atoms with E-state index in [9.17, 15) is 23.4 Å². The van der Waals surface area contributed by atoms with Gasteiger partial charge in [-0.05, 0) is 92.8 Å². The van der Waals surface area contributed by atoms with E-state index in [1.165, 1.54) is 0 Å². The van der Waals surface area contributed by atoms with Crippen LogP contribution in [0.1, 0.15) is 67.7 Å². The normalized spacial score (nSPS) is 18.2. The minimum atomic E-state index is -1.01. The van der Waals surface area contributed by atoms with Gasteiger partial charge in [0.05, 0.1) is 30.7 Å². The number of carboxylic acid groups (broad SMARTS) is 1. The molecule has 4 rings (SSSR count). The number of aryl methyl sites for hydroxylation is 2. The van der Waals surface area contributed by atoms with Crippen LogP contribution in [-0.4, -0.2) is 71.3 Å². The molecule has 0 spiro atoms. The van der Waals surface area contributed by atoms with Gasteiger partial charge in [-0.2, -0.15) is 3.89 Å². The number of benzene rings is 1. The van der Waals surface area contributed by atoms with E-state index in [1.807, 2.05) is 35.2 Å². The molecule has 0 radical (unpaired) electrons. The summed E-state index contributed by atoms with van der Waals surface area (Å²) in [6.07, 6.45) is 9.55. The van der Waals surface area contributed by atoms with Crippen molar-refractivity contribution in [2.45, 2.75) is 63.8 Å². The van der Waals surface area contributed by atoms with Crippen molar-refractivity contribution in [3.63, 3.8) is 0 Å². The van der Waals surface area contributed by atoms with E-state index >= 15 is 0 Å². The van der Waals surface area contributed by atoms with E-state index < -0.39 is 12.0 Å². The van der Waals surface area contributed by atoms with Gasteiger partial charge < -0.3 is 25.4 Å². The summed E-state index contributed by atoms with van der Waals surface area (Å²) in [4.78, 5) is 44.2. The zero-order chi connectivity index (χ0) is 30.4. The topological polar surface area (TPSA) is 121 Å². The maximum absolute atomic E-state index is 13.3. The van der Waals surface area contributed by atoms with Crippen molar-refractivity contribution in [2.75, 3.05) is 38.5 Å². The lowest BCUT2D eigenvalue weighted by molar-refractivity contribution is -0.138. The molecule has 11 heteroatoms. The summed E-state index contributed by atoms with van der Waals surface area (Å²) < 4.78 is 17.7. The second-order valence-corrected chi connectivity index (χ2v) is 12.1. The summed E-state index contributed by atoms with van der Waals surface area (Å²) >= 11 is 0.250. The summed E-state index contributed by atoms with van der Waals surface area (Å²) in [6.45, 7) is 3.35. The monoisotopic (exact) mass is 614 g/mol. The molecule has 2 aliphatic rings. The molecule has 2 aliphatic heterocycles. The van der Waals surface area contributed by atoms with Crippen molar-refractivity contribution >= 4 is 29.9 Å². The molecule has 2 saturated heterocycles. The molecule has 234 valence electrons. The summed E-state index contributed by atoms with van der Waals surface area (Å²) in [5, 5.41) is 15.9. The van der Waals surface area contributed by atoms with Crippen LogP contribution in [-0.2, 0) is 27.2 Å². The first-order valence-electron chi connectivity index (χ1n) is 15.3. The predicted octanol–water partition coefficient (Wildman–Crippen LogP) is 4.51. The number of aliphatic carboxylic acids is 1. The lowest BCUT2D eigenvalue weighted by atomic mass is 9.92. The Bertz CT molecular complexity index is 1190. The van der Waals surface area contributed by atoms with E-state index in [-0.39, 0.29) is 42.1 Å². The Kier molecular flexibility index (Phi) is 13.1. The van der Waals surface area contributed by atoms with Gasteiger partial charge in [0.2, 0.25) is 11.8 Å². The number of nitrogens with zero attached hydrogens (tertiary/aromatic N) is 2. The van der Waals surface area contributed by atoms with Crippen molar-refractivity contribution in [2.24, 2.45) is 11.8 Å². The summed E-state index contributed by atoms with van der Waals surface area (Å²) in [7, 11) is 0. The Morgan fingerprint density at radius 1 is 1.12 bits per heavy atom. The SMILES string of the molecule is O=C(O)CC(NC(=O)C1CCCN(C(=O)CCC2CCNCC2)C1)c1cncc(CCc2ccc(OCCSF)cc2)c1. The van der Waals surface area contributed by atoms with Gasteiger partial charge in [0.15, 0.2) is 0 Å². The first-order valence-corrected chi connectivity index (χ1v) is 16.2. The maximum Gasteiger partial charge on any atom is 0.305 e. The third-order valence-corrected chi connectivity index (χ3v) is 8.66. The molecule has 2 unspecified atom stereocenters. The van der Waals surface area contributed by atoms with Crippen molar-refractivity contribution in [3.8, 4) is 5.75 Å². The molecule has 1 aromatic heterocycles. The molecule has 43 heavy (non-hydrogen) atoms. The maximum atomic E-state index is 13.3. The Labute approximate surface area is 257 Å². The first kappa shape index (κ1) is 32.7. The first-order chi connectivity index (χ1) is 20.9. The molecular formula is C32H43FN4O5S. The van der Waals surface area contributed by atoms with Gasteiger partial charge in [-0.15, -0.1) is 0 Å². The van der Waals surface area contributed by atoms with Crippen LogP contribution in [0.25, 0.3) is 0 Å². The van der Waals surface area contributed by atoms with Crippen molar-refractivity contribution < 1.29 is 28.1 Å². The number of aromatic nitrogens is 1. The van der Waals surface area contributed by atoms with Crippen LogP contribution in [0.15, 0.2) is 42.7 Å². The molecule has 3 N–H and O–H groups in total. The Morgan fingerprint density at radius 3 is 2.63 bits per heavy atom. The highest BCUT2D eigenvalue weighted by molar-refractivity contribution is 7.94. The van der Waals surface area contributed by atoms with Gasteiger partial charge in [0.1, 0.15) is 5.75 Å². The Morgan fingerprint density at radius 2 is 1.88 bits per heavy atom. The number of carboxylic acids is 1. The summed E-state index contributed by atoms with van der Waals surface area (Å²) in [5.74, 6) is 0.0534. The Hall–Kier alpha value is -3.18. The molecule has 2 aromatic rings. The van der Waals surface area contributed by atoms with E-state index in [2.05, 4.69) is 15.6 Å². The highest BCUT2D eigenvalue weighted by Crippen LogP contribution is 2.24. The number of rotatable bonds is 15.